The van der Waals surface area contributed by atoms with E-state index in [1.807, 2.05) is 61.3 Å². The van der Waals surface area contributed by atoms with Gasteiger partial charge in [0.1, 0.15) is 17.4 Å². The molecular weight excluding hydrogens is 464 g/mol. The van der Waals surface area contributed by atoms with Gasteiger partial charge in [-0.05, 0) is 37.5 Å². The number of fused-ring (bicyclic) bond motifs is 1. The molecule has 0 saturated carbocycles. The summed E-state index contributed by atoms with van der Waals surface area (Å²) in [5.74, 6) is 1.59. The monoisotopic (exact) mass is 492 g/mol. The molecule has 0 spiro atoms. The van der Waals surface area contributed by atoms with Crippen LogP contribution < -0.4 is 4.90 Å². The van der Waals surface area contributed by atoms with Gasteiger partial charge in [0.15, 0.2) is 11.6 Å². The quantitative estimate of drug-likeness (QED) is 0.399. The average Bonchev–Trinajstić information content (AvgIpc) is 3.55. The number of aliphatic hydroxyl groups is 1. The molecule has 0 saturated heterocycles. The third kappa shape index (κ3) is 4.27. The standard InChI is InChI=1S/C28H28N8O/c1-19-4-6-23(7-5-19)28(2,37)24-14-29-26(30-15-24)20-8-10-35(11-9-20)27-25-12-21(17-36(25)33-18-31-27)22-13-32-34(3)16-22/h4-8,12-18,37H,9-11H2,1-3H3. The van der Waals surface area contributed by atoms with Gasteiger partial charge in [0, 0.05) is 61.6 Å². The summed E-state index contributed by atoms with van der Waals surface area (Å²) in [6, 6.07) is 9.98. The van der Waals surface area contributed by atoms with Crippen LogP contribution in [0.4, 0.5) is 5.82 Å². The summed E-state index contributed by atoms with van der Waals surface area (Å²) >= 11 is 0. The van der Waals surface area contributed by atoms with E-state index in [9.17, 15) is 5.11 Å². The minimum absolute atomic E-state index is 0.666. The number of rotatable bonds is 5. The molecule has 1 aromatic carbocycles. The fourth-order valence-electron chi connectivity index (χ4n) is 4.74. The molecule has 186 valence electrons. The predicted molar refractivity (Wildman–Crippen MR) is 142 cm³/mol. The normalized spacial score (nSPS) is 15.6. The summed E-state index contributed by atoms with van der Waals surface area (Å²) in [5.41, 5.74) is 5.62. The third-order valence-electron chi connectivity index (χ3n) is 7.05. The average molecular weight is 493 g/mol. The maximum Gasteiger partial charge on any atom is 0.156 e. The summed E-state index contributed by atoms with van der Waals surface area (Å²) in [6.07, 6.45) is 13.8. The maximum atomic E-state index is 11.2. The Bertz CT molecular complexity index is 1600. The summed E-state index contributed by atoms with van der Waals surface area (Å²) in [5, 5.41) is 19.8. The second kappa shape index (κ2) is 8.94. The molecule has 5 heterocycles. The van der Waals surface area contributed by atoms with Gasteiger partial charge in [-0.1, -0.05) is 35.9 Å². The zero-order valence-corrected chi connectivity index (χ0v) is 21.1. The second-order valence-electron chi connectivity index (χ2n) is 9.70. The molecule has 9 nitrogen and oxygen atoms in total. The highest BCUT2D eigenvalue weighted by atomic mass is 16.3. The Hall–Kier alpha value is -4.37. The summed E-state index contributed by atoms with van der Waals surface area (Å²) in [7, 11) is 1.91. The van der Waals surface area contributed by atoms with Crippen molar-refractivity contribution in [1.29, 1.82) is 0 Å². The molecule has 0 aliphatic carbocycles. The van der Waals surface area contributed by atoms with Crippen molar-refractivity contribution in [2.75, 3.05) is 18.0 Å². The molecule has 0 radical (unpaired) electrons. The molecule has 4 aromatic heterocycles. The Labute approximate surface area is 214 Å². The molecular formula is C28H28N8O. The lowest BCUT2D eigenvalue weighted by Gasteiger charge is -2.27. The Balaban J connectivity index is 1.21. The minimum Gasteiger partial charge on any atom is -0.381 e. The Morgan fingerprint density at radius 3 is 2.38 bits per heavy atom. The van der Waals surface area contributed by atoms with Crippen molar-refractivity contribution in [2.24, 2.45) is 7.05 Å². The van der Waals surface area contributed by atoms with Gasteiger partial charge in [-0.3, -0.25) is 4.68 Å². The zero-order valence-electron chi connectivity index (χ0n) is 21.1. The van der Waals surface area contributed by atoms with E-state index in [0.29, 0.717) is 17.9 Å². The van der Waals surface area contributed by atoms with Crippen LogP contribution in [0.3, 0.4) is 0 Å². The highest BCUT2D eigenvalue weighted by Crippen LogP contribution is 2.31. The molecule has 5 aromatic rings. The van der Waals surface area contributed by atoms with Gasteiger partial charge in [-0.25, -0.2) is 19.5 Å². The van der Waals surface area contributed by atoms with Crippen LogP contribution in [0.1, 0.15) is 35.9 Å². The smallest absolute Gasteiger partial charge is 0.156 e. The largest absolute Gasteiger partial charge is 0.381 e. The van der Waals surface area contributed by atoms with Gasteiger partial charge in [0.2, 0.25) is 0 Å². The van der Waals surface area contributed by atoms with Crippen LogP contribution in [0.25, 0.3) is 22.2 Å². The van der Waals surface area contributed by atoms with Crippen molar-refractivity contribution >= 4 is 16.9 Å². The molecule has 1 atom stereocenters. The van der Waals surface area contributed by atoms with E-state index in [2.05, 4.69) is 42.2 Å². The number of aromatic nitrogens is 7. The molecule has 0 bridgehead atoms. The fourth-order valence-corrected chi connectivity index (χ4v) is 4.74. The SMILES string of the molecule is Cc1ccc(C(C)(O)c2cnc(C3=CCN(c4ncnn5cc(-c6cnn(C)c6)cc45)CC3)nc2)cc1. The van der Waals surface area contributed by atoms with Crippen molar-refractivity contribution in [3.8, 4) is 11.1 Å². The van der Waals surface area contributed by atoms with Crippen LogP contribution in [0.5, 0.6) is 0 Å². The molecule has 9 heteroatoms. The van der Waals surface area contributed by atoms with E-state index in [1.54, 1.807) is 30.3 Å². The number of anilines is 1. The van der Waals surface area contributed by atoms with Crippen LogP contribution in [-0.2, 0) is 12.6 Å². The van der Waals surface area contributed by atoms with Crippen molar-refractivity contribution in [1.82, 2.24) is 34.3 Å². The highest BCUT2D eigenvalue weighted by molar-refractivity contribution is 5.78. The van der Waals surface area contributed by atoms with Gasteiger partial charge >= 0.3 is 0 Å². The van der Waals surface area contributed by atoms with Crippen LogP contribution in [0.15, 0.2) is 73.7 Å². The number of benzene rings is 1. The molecule has 0 amide bonds. The first-order chi connectivity index (χ1) is 17.9. The van der Waals surface area contributed by atoms with E-state index < -0.39 is 5.60 Å². The lowest BCUT2D eigenvalue weighted by molar-refractivity contribution is 0.101. The number of hydrogen-bond acceptors (Lipinski definition) is 7. The van der Waals surface area contributed by atoms with Crippen molar-refractivity contribution < 1.29 is 5.11 Å². The van der Waals surface area contributed by atoms with Crippen LogP contribution in [0, 0.1) is 6.92 Å². The van der Waals surface area contributed by atoms with Gasteiger partial charge in [0.25, 0.3) is 0 Å². The molecule has 6 rings (SSSR count). The highest BCUT2D eigenvalue weighted by Gasteiger charge is 2.27. The molecule has 1 N–H and O–H groups in total. The van der Waals surface area contributed by atoms with Crippen LogP contribution in [0.2, 0.25) is 0 Å². The van der Waals surface area contributed by atoms with E-state index in [0.717, 1.165) is 52.1 Å². The summed E-state index contributed by atoms with van der Waals surface area (Å²) < 4.78 is 3.66. The first kappa shape index (κ1) is 23.1. The van der Waals surface area contributed by atoms with E-state index in [-0.39, 0.29) is 0 Å². The van der Waals surface area contributed by atoms with Crippen molar-refractivity contribution in [3.05, 3.63) is 96.2 Å². The number of hydrogen-bond donors (Lipinski definition) is 1. The van der Waals surface area contributed by atoms with Gasteiger partial charge in [-0.2, -0.15) is 10.2 Å². The molecule has 1 unspecified atom stereocenters. The van der Waals surface area contributed by atoms with Crippen LogP contribution >= 0.6 is 0 Å². The third-order valence-corrected chi connectivity index (χ3v) is 7.05. The summed E-state index contributed by atoms with van der Waals surface area (Å²) in [4.78, 5) is 16.0. The van der Waals surface area contributed by atoms with E-state index in [1.165, 1.54) is 0 Å². The van der Waals surface area contributed by atoms with Crippen molar-refractivity contribution in [2.45, 2.75) is 25.9 Å². The Kier molecular flexibility index (Phi) is 5.57. The maximum absolute atomic E-state index is 11.2. The molecule has 37 heavy (non-hydrogen) atoms. The minimum atomic E-state index is -1.16. The lowest BCUT2D eigenvalue weighted by atomic mass is 9.89. The second-order valence-corrected chi connectivity index (χ2v) is 9.70. The van der Waals surface area contributed by atoms with Gasteiger partial charge < -0.3 is 10.0 Å². The lowest BCUT2D eigenvalue weighted by Crippen LogP contribution is -2.30. The van der Waals surface area contributed by atoms with Gasteiger partial charge in [-0.15, -0.1) is 0 Å². The van der Waals surface area contributed by atoms with Crippen LogP contribution in [-0.4, -0.2) is 52.5 Å². The van der Waals surface area contributed by atoms with Crippen molar-refractivity contribution in [3.63, 3.8) is 0 Å². The summed E-state index contributed by atoms with van der Waals surface area (Å²) in [6.45, 7) is 5.29. The fraction of sp³-hybridized carbons (Fsp3) is 0.250. The molecule has 1 aliphatic heterocycles. The topological polar surface area (TPSA) is 97.3 Å². The Morgan fingerprint density at radius 1 is 0.919 bits per heavy atom. The van der Waals surface area contributed by atoms with E-state index >= 15 is 0 Å². The first-order valence-electron chi connectivity index (χ1n) is 12.3. The molecule has 1 aliphatic rings. The number of aryl methyl sites for hydroxylation is 2. The predicted octanol–water partition coefficient (Wildman–Crippen LogP) is 3.78. The first-order valence-corrected chi connectivity index (χ1v) is 12.3. The number of nitrogens with zero attached hydrogens (tertiary/aromatic N) is 8. The van der Waals surface area contributed by atoms with E-state index in [4.69, 9.17) is 0 Å². The zero-order chi connectivity index (χ0) is 25.6. The Morgan fingerprint density at radius 2 is 1.70 bits per heavy atom. The molecule has 0 fully saturated rings. The van der Waals surface area contributed by atoms with Gasteiger partial charge in [0.05, 0.1) is 6.20 Å².